The molecule has 0 saturated heterocycles. The van der Waals surface area contributed by atoms with Crippen molar-refractivity contribution in [3.05, 3.63) is 29.8 Å². The molecular weight excluding hydrogens is 266 g/mol. The zero-order valence-electron chi connectivity index (χ0n) is 11.1. The van der Waals surface area contributed by atoms with Gasteiger partial charge in [-0.1, -0.05) is 25.0 Å². The van der Waals surface area contributed by atoms with Gasteiger partial charge in [0.2, 0.25) is 5.91 Å². The fourth-order valence-electron chi connectivity index (χ4n) is 2.42. The van der Waals surface area contributed by atoms with Crippen molar-refractivity contribution in [2.75, 3.05) is 0 Å². The Balaban J connectivity index is 1.92. The highest BCUT2D eigenvalue weighted by Crippen LogP contribution is 2.27. The number of hydrogen-bond donors (Lipinski definition) is 2. The lowest BCUT2D eigenvalue weighted by Gasteiger charge is -2.22. The van der Waals surface area contributed by atoms with E-state index in [1.807, 2.05) is 0 Å². The van der Waals surface area contributed by atoms with Crippen LogP contribution < -0.4 is 15.8 Å². The Morgan fingerprint density at radius 1 is 1.40 bits per heavy atom. The van der Waals surface area contributed by atoms with Crippen LogP contribution in [0.4, 0.5) is 8.78 Å². The van der Waals surface area contributed by atoms with Crippen LogP contribution in [0.15, 0.2) is 24.3 Å². The second-order valence-corrected chi connectivity index (χ2v) is 5.07. The van der Waals surface area contributed by atoms with Gasteiger partial charge in [0.1, 0.15) is 5.75 Å². The van der Waals surface area contributed by atoms with Crippen LogP contribution in [0.3, 0.4) is 0 Å². The highest BCUT2D eigenvalue weighted by molar-refractivity contribution is 5.86. The molecule has 0 aliphatic heterocycles. The van der Waals surface area contributed by atoms with E-state index in [0.717, 1.165) is 12.8 Å². The minimum absolute atomic E-state index is 0.0788. The van der Waals surface area contributed by atoms with Crippen LogP contribution >= 0.6 is 0 Å². The topological polar surface area (TPSA) is 64.4 Å². The fourth-order valence-corrected chi connectivity index (χ4v) is 2.42. The lowest BCUT2D eigenvalue weighted by atomic mass is 9.98. The van der Waals surface area contributed by atoms with Gasteiger partial charge in [0, 0.05) is 6.54 Å². The molecule has 4 nitrogen and oxygen atoms in total. The predicted octanol–water partition coefficient (Wildman–Crippen LogP) is 2.18. The van der Waals surface area contributed by atoms with Gasteiger partial charge in [0.25, 0.3) is 0 Å². The van der Waals surface area contributed by atoms with Crippen LogP contribution in [0.25, 0.3) is 0 Å². The maximum absolute atomic E-state index is 12.1. The molecule has 0 bridgehead atoms. The van der Waals surface area contributed by atoms with Gasteiger partial charge in [0.05, 0.1) is 5.54 Å². The van der Waals surface area contributed by atoms with Gasteiger partial charge in [-0.15, -0.1) is 0 Å². The van der Waals surface area contributed by atoms with Crippen molar-refractivity contribution in [1.29, 1.82) is 0 Å². The molecular formula is C14H18F2N2O2. The van der Waals surface area contributed by atoms with Crippen LogP contribution in [0.2, 0.25) is 0 Å². The molecule has 1 aromatic rings. The number of rotatable bonds is 5. The van der Waals surface area contributed by atoms with Gasteiger partial charge in [-0.25, -0.2) is 0 Å². The molecule has 20 heavy (non-hydrogen) atoms. The van der Waals surface area contributed by atoms with Crippen molar-refractivity contribution in [1.82, 2.24) is 5.32 Å². The lowest BCUT2D eigenvalue weighted by Crippen LogP contribution is -2.51. The average molecular weight is 284 g/mol. The Morgan fingerprint density at radius 3 is 2.75 bits per heavy atom. The number of ether oxygens (including phenoxy) is 1. The summed E-state index contributed by atoms with van der Waals surface area (Å²) in [6, 6.07) is 6.26. The quantitative estimate of drug-likeness (QED) is 0.871. The van der Waals surface area contributed by atoms with Crippen LogP contribution in [0, 0.1) is 0 Å². The summed E-state index contributed by atoms with van der Waals surface area (Å²) in [5.74, 6) is -0.106. The van der Waals surface area contributed by atoms with E-state index in [9.17, 15) is 13.6 Å². The Bertz CT molecular complexity index is 474. The summed E-state index contributed by atoms with van der Waals surface area (Å²) < 4.78 is 28.5. The van der Waals surface area contributed by atoms with E-state index in [1.54, 1.807) is 12.1 Å². The third-order valence-electron chi connectivity index (χ3n) is 3.52. The number of benzene rings is 1. The molecule has 3 N–H and O–H groups in total. The third-order valence-corrected chi connectivity index (χ3v) is 3.52. The van der Waals surface area contributed by atoms with Gasteiger partial charge >= 0.3 is 6.61 Å². The zero-order chi connectivity index (χ0) is 14.6. The van der Waals surface area contributed by atoms with Crippen molar-refractivity contribution >= 4 is 5.91 Å². The van der Waals surface area contributed by atoms with Crippen molar-refractivity contribution in [3.63, 3.8) is 0 Å². The highest BCUT2D eigenvalue weighted by Gasteiger charge is 2.36. The maximum atomic E-state index is 12.1. The molecule has 0 radical (unpaired) electrons. The molecule has 0 aromatic heterocycles. The molecule has 1 aromatic carbocycles. The molecule has 1 fully saturated rings. The lowest BCUT2D eigenvalue weighted by molar-refractivity contribution is -0.126. The summed E-state index contributed by atoms with van der Waals surface area (Å²) in [5.41, 5.74) is 5.94. The first-order valence-corrected chi connectivity index (χ1v) is 6.60. The number of nitrogens with one attached hydrogen (secondary N) is 1. The third kappa shape index (κ3) is 3.66. The summed E-state index contributed by atoms with van der Waals surface area (Å²) in [6.07, 6.45) is 3.30. The van der Waals surface area contributed by atoms with E-state index in [4.69, 9.17) is 5.73 Å². The first kappa shape index (κ1) is 14.7. The van der Waals surface area contributed by atoms with Gasteiger partial charge in [-0.3, -0.25) is 4.79 Å². The van der Waals surface area contributed by atoms with Crippen molar-refractivity contribution in [2.45, 2.75) is 44.4 Å². The monoisotopic (exact) mass is 284 g/mol. The fraction of sp³-hybridized carbons (Fsp3) is 0.500. The summed E-state index contributed by atoms with van der Waals surface area (Å²) in [5, 5.41) is 2.75. The number of alkyl halides is 2. The van der Waals surface area contributed by atoms with E-state index < -0.39 is 12.2 Å². The number of amides is 1. The SMILES string of the molecule is NC1(C(=O)NCc2cccc(OC(F)F)c2)CCCC1. The zero-order valence-corrected chi connectivity index (χ0v) is 11.1. The number of nitrogens with two attached hydrogens (primary N) is 1. The van der Waals surface area contributed by atoms with E-state index >= 15 is 0 Å². The molecule has 0 atom stereocenters. The molecule has 1 aliphatic carbocycles. The summed E-state index contributed by atoms with van der Waals surface area (Å²) in [4.78, 5) is 12.0. The van der Waals surface area contributed by atoms with E-state index in [1.165, 1.54) is 12.1 Å². The van der Waals surface area contributed by atoms with E-state index in [0.29, 0.717) is 18.4 Å². The highest BCUT2D eigenvalue weighted by atomic mass is 19.3. The van der Waals surface area contributed by atoms with Gasteiger partial charge in [0.15, 0.2) is 0 Å². The molecule has 1 aliphatic rings. The van der Waals surface area contributed by atoms with Crippen LogP contribution in [0.5, 0.6) is 5.75 Å². The second kappa shape index (κ2) is 6.17. The van der Waals surface area contributed by atoms with Crippen LogP contribution in [0.1, 0.15) is 31.2 Å². The van der Waals surface area contributed by atoms with Gasteiger partial charge < -0.3 is 15.8 Å². The number of carbonyl (C=O) groups excluding carboxylic acids is 1. The normalized spacial score (nSPS) is 17.2. The second-order valence-electron chi connectivity index (χ2n) is 5.07. The number of halogens is 2. The first-order valence-electron chi connectivity index (χ1n) is 6.60. The molecule has 6 heteroatoms. The maximum Gasteiger partial charge on any atom is 0.387 e. The van der Waals surface area contributed by atoms with Gasteiger partial charge in [-0.05, 0) is 30.5 Å². The minimum Gasteiger partial charge on any atom is -0.435 e. The summed E-state index contributed by atoms with van der Waals surface area (Å²) in [6.45, 7) is -2.61. The van der Waals surface area contributed by atoms with E-state index in [-0.39, 0.29) is 18.2 Å². The molecule has 1 saturated carbocycles. The Morgan fingerprint density at radius 2 is 2.10 bits per heavy atom. The molecule has 0 heterocycles. The largest absolute Gasteiger partial charge is 0.435 e. The van der Waals surface area contributed by atoms with Crippen molar-refractivity contribution in [3.8, 4) is 5.75 Å². The Hall–Kier alpha value is -1.69. The number of hydrogen-bond acceptors (Lipinski definition) is 3. The standard InChI is InChI=1S/C14H18F2N2O2/c15-13(16)20-11-5-3-4-10(8-11)9-18-12(19)14(17)6-1-2-7-14/h3-5,8,13H,1-2,6-7,9,17H2,(H,18,19). The van der Waals surface area contributed by atoms with Gasteiger partial charge in [-0.2, -0.15) is 8.78 Å². The van der Waals surface area contributed by atoms with Crippen molar-refractivity contribution < 1.29 is 18.3 Å². The number of carbonyl (C=O) groups is 1. The Labute approximate surface area is 116 Å². The summed E-state index contributed by atoms with van der Waals surface area (Å²) >= 11 is 0. The molecule has 0 unspecified atom stereocenters. The Kier molecular flexibility index (Phi) is 4.54. The molecule has 2 rings (SSSR count). The smallest absolute Gasteiger partial charge is 0.387 e. The average Bonchev–Trinajstić information content (AvgIpc) is 2.84. The van der Waals surface area contributed by atoms with Crippen LogP contribution in [-0.2, 0) is 11.3 Å². The van der Waals surface area contributed by atoms with E-state index in [2.05, 4.69) is 10.1 Å². The molecule has 1 amide bonds. The van der Waals surface area contributed by atoms with Crippen LogP contribution in [-0.4, -0.2) is 18.1 Å². The predicted molar refractivity (Wildman–Crippen MR) is 70.3 cm³/mol. The minimum atomic E-state index is -2.86. The molecule has 110 valence electrons. The summed E-state index contributed by atoms with van der Waals surface area (Å²) in [7, 11) is 0. The first-order chi connectivity index (χ1) is 9.49. The molecule has 0 spiro atoms. The van der Waals surface area contributed by atoms with Crippen molar-refractivity contribution in [2.24, 2.45) is 5.73 Å².